The second kappa shape index (κ2) is 3.90. The average molecular weight is 226 g/mol. The normalized spacial score (nSPS) is 10.5. The first-order valence-electron chi connectivity index (χ1n) is 4.43. The van der Waals surface area contributed by atoms with Crippen LogP contribution in [0.5, 0.6) is 0 Å². The molecule has 0 aliphatic carbocycles. The van der Waals surface area contributed by atoms with Crippen LogP contribution in [0, 0.1) is 0 Å². The molecule has 0 bridgehead atoms. The van der Waals surface area contributed by atoms with Crippen LogP contribution in [0.4, 0.5) is 0 Å². The second-order valence-electron chi connectivity index (χ2n) is 2.88. The summed E-state index contributed by atoms with van der Waals surface area (Å²) in [5.41, 5.74) is 0.377. The van der Waals surface area contributed by atoms with Crippen LogP contribution in [-0.4, -0.2) is 17.6 Å². The SMILES string of the molecule is CCOC(=O)c1cc2cc(Cl)cnc2o1. The zero-order valence-corrected chi connectivity index (χ0v) is 8.75. The van der Waals surface area contributed by atoms with Gasteiger partial charge in [0.25, 0.3) is 0 Å². The predicted octanol–water partition coefficient (Wildman–Crippen LogP) is 2.66. The molecule has 2 aromatic heterocycles. The fourth-order valence-corrected chi connectivity index (χ4v) is 1.38. The van der Waals surface area contributed by atoms with E-state index in [2.05, 4.69) is 4.98 Å². The van der Waals surface area contributed by atoms with Crippen LogP contribution < -0.4 is 0 Å². The van der Waals surface area contributed by atoms with Crippen molar-refractivity contribution in [2.75, 3.05) is 6.61 Å². The average Bonchev–Trinajstić information content (AvgIpc) is 2.60. The van der Waals surface area contributed by atoms with E-state index in [1.165, 1.54) is 6.20 Å². The number of pyridine rings is 1. The van der Waals surface area contributed by atoms with Crippen molar-refractivity contribution >= 4 is 28.7 Å². The van der Waals surface area contributed by atoms with Gasteiger partial charge in [0.1, 0.15) is 0 Å². The van der Waals surface area contributed by atoms with Crippen LogP contribution in [0.25, 0.3) is 11.1 Å². The van der Waals surface area contributed by atoms with Gasteiger partial charge in [-0.15, -0.1) is 0 Å². The van der Waals surface area contributed by atoms with Gasteiger partial charge in [-0.05, 0) is 13.0 Å². The molecule has 78 valence electrons. The predicted molar refractivity (Wildman–Crippen MR) is 55.0 cm³/mol. The summed E-state index contributed by atoms with van der Waals surface area (Å²) in [5, 5.41) is 1.18. The van der Waals surface area contributed by atoms with Crippen molar-refractivity contribution in [3.8, 4) is 0 Å². The van der Waals surface area contributed by atoms with E-state index in [0.29, 0.717) is 22.7 Å². The van der Waals surface area contributed by atoms with Gasteiger partial charge in [-0.2, -0.15) is 0 Å². The number of rotatable bonds is 2. The Bertz CT molecular complexity index is 506. The van der Waals surface area contributed by atoms with E-state index in [0.717, 1.165) is 0 Å². The number of hydrogen-bond acceptors (Lipinski definition) is 4. The van der Waals surface area contributed by atoms with Crippen LogP contribution in [0.1, 0.15) is 17.5 Å². The molecule has 0 saturated carbocycles. The molecule has 0 aliphatic rings. The first-order valence-corrected chi connectivity index (χ1v) is 4.80. The Morgan fingerprint density at radius 1 is 1.60 bits per heavy atom. The minimum atomic E-state index is -0.494. The van der Waals surface area contributed by atoms with Gasteiger partial charge >= 0.3 is 5.97 Å². The molecule has 0 amide bonds. The molecular weight excluding hydrogens is 218 g/mol. The van der Waals surface area contributed by atoms with E-state index in [1.54, 1.807) is 19.1 Å². The van der Waals surface area contributed by atoms with Gasteiger partial charge in [0.15, 0.2) is 0 Å². The highest BCUT2D eigenvalue weighted by Gasteiger charge is 2.13. The number of carbonyl (C=O) groups is 1. The van der Waals surface area contributed by atoms with E-state index < -0.39 is 5.97 Å². The highest BCUT2D eigenvalue weighted by molar-refractivity contribution is 6.31. The Morgan fingerprint density at radius 3 is 3.13 bits per heavy atom. The Hall–Kier alpha value is -1.55. The van der Waals surface area contributed by atoms with E-state index in [9.17, 15) is 4.79 Å². The Labute approximate surface area is 90.8 Å². The number of aromatic nitrogens is 1. The first kappa shape index (κ1) is 9.98. The van der Waals surface area contributed by atoms with Crippen molar-refractivity contribution < 1.29 is 13.9 Å². The molecule has 0 radical (unpaired) electrons. The number of hydrogen-bond donors (Lipinski definition) is 0. The van der Waals surface area contributed by atoms with Crippen LogP contribution in [-0.2, 0) is 4.74 Å². The van der Waals surface area contributed by atoms with Crippen molar-refractivity contribution in [2.45, 2.75) is 6.92 Å². The zero-order valence-electron chi connectivity index (χ0n) is 7.99. The molecule has 4 nitrogen and oxygen atoms in total. The number of carbonyl (C=O) groups excluding carboxylic acids is 1. The maximum atomic E-state index is 11.3. The van der Waals surface area contributed by atoms with Crippen molar-refractivity contribution in [3.05, 3.63) is 29.1 Å². The number of halogens is 1. The minimum absolute atomic E-state index is 0.140. The van der Waals surface area contributed by atoms with Crippen molar-refractivity contribution in [1.29, 1.82) is 0 Å². The number of nitrogens with zero attached hydrogens (tertiary/aromatic N) is 1. The van der Waals surface area contributed by atoms with Gasteiger partial charge in [-0.1, -0.05) is 11.6 Å². The third kappa shape index (κ3) is 1.94. The lowest BCUT2D eigenvalue weighted by Gasteiger charge is -1.95. The molecule has 2 heterocycles. The van der Waals surface area contributed by atoms with Crippen molar-refractivity contribution in [1.82, 2.24) is 4.98 Å². The summed E-state index contributed by atoms with van der Waals surface area (Å²) in [5.74, 6) is -0.353. The topological polar surface area (TPSA) is 52.3 Å². The Morgan fingerprint density at radius 2 is 2.40 bits per heavy atom. The molecule has 0 unspecified atom stereocenters. The molecule has 2 rings (SSSR count). The molecule has 0 aromatic carbocycles. The van der Waals surface area contributed by atoms with E-state index in [-0.39, 0.29) is 5.76 Å². The lowest BCUT2D eigenvalue weighted by Crippen LogP contribution is -2.02. The molecular formula is C10H8ClNO3. The van der Waals surface area contributed by atoms with Crippen LogP contribution in [0.2, 0.25) is 5.02 Å². The zero-order chi connectivity index (χ0) is 10.8. The fraction of sp³-hybridized carbons (Fsp3) is 0.200. The van der Waals surface area contributed by atoms with Gasteiger partial charge < -0.3 is 9.15 Å². The first-order chi connectivity index (χ1) is 7.20. The summed E-state index contributed by atoms with van der Waals surface area (Å²) < 4.78 is 9.99. The lowest BCUT2D eigenvalue weighted by molar-refractivity contribution is 0.0492. The third-order valence-electron chi connectivity index (χ3n) is 1.82. The molecule has 0 N–H and O–H groups in total. The van der Waals surface area contributed by atoms with Crippen LogP contribution >= 0.6 is 11.6 Å². The Kier molecular flexibility index (Phi) is 2.60. The summed E-state index contributed by atoms with van der Waals surface area (Å²) >= 11 is 5.75. The maximum Gasteiger partial charge on any atom is 0.374 e. The number of esters is 1. The van der Waals surface area contributed by atoms with Gasteiger partial charge in [0, 0.05) is 17.6 Å². The molecule has 0 fully saturated rings. The lowest BCUT2D eigenvalue weighted by atomic mass is 10.3. The summed E-state index contributed by atoms with van der Waals surface area (Å²) in [6.07, 6.45) is 1.46. The number of ether oxygens (including phenoxy) is 1. The minimum Gasteiger partial charge on any atom is -0.460 e. The summed E-state index contributed by atoms with van der Waals surface area (Å²) in [6.45, 7) is 2.04. The van der Waals surface area contributed by atoms with Gasteiger partial charge in [-0.3, -0.25) is 0 Å². The second-order valence-corrected chi connectivity index (χ2v) is 3.32. The van der Waals surface area contributed by atoms with Crippen molar-refractivity contribution in [3.63, 3.8) is 0 Å². The third-order valence-corrected chi connectivity index (χ3v) is 2.02. The summed E-state index contributed by atoms with van der Waals surface area (Å²) in [4.78, 5) is 15.3. The monoisotopic (exact) mass is 225 g/mol. The van der Waals surface area contributed by atoms with Gasteiger partial charge in [0.05, 0.1) is 11.6 Å². The van der Waals surface area contributed by atoms with Crippen molar-refractivity contribution in [2.24, 2.45) is 0 Å². The smallest absolute Gasteiger partial charge is 0.374 e. The molecule has 15 heavy (non-hydrogen) atoms. The van der Waals surface area contributed by atoms with E-state index in [4.69, 9.17) is 20.8 Å². The molecule has 0 atom stereocenters. The number of furan rings is 1. The molecule has 0 spiro atoms. The molecule has 0 saturated heterocycles. The Balaban J connectivity index is 2.42. The summed E-state index contributed by atoms with van der Waals surface area (Å²) in [7, 11) is 0. The maximum absolute atomic E-state index is 11.3. The molecule has 5 heteroatoms. The van der Waals surface area contributed by atoms with Gasteiger partial charge in [-0.25, -0.2) is 9.78 Å². The number of fused-ring (bicyclic) bond motifs is 1. The van der Waals surface area contributed by atoms with Gasteiger partial charge in [0.2, 0.25) is 11.5 Å². The largest absolute Gasteiger partial charge is 0.460 e. The quantitative estimate of drug-likeness (QED) is 0.738. The van der Waals surface area contributed by atoms with Crippen LogP contribution in [0.15, 0.2) is 22.7 Å². The summed E-state index contributed by atoms with van der Waals surface area (Å²) in [6, 6.07) is 3.24. The highest BCUT2D eigenvalue weighted by Crippen LogP contribution is 2.20. The molecule has 0 aliphatic heterocycles. The highest BCUT2D eigenvalue weighted by atomic mass is 35.5. The molecule has 2 aromatic rings. The standard InChI is InChI=1S/C10H8ClNO3/c1-2-14-10(13)8-4-6-3-7(11)5-12-9(6)15-8/h3-5H,2H2,1H3. The van der Waals surface area contributed by atoms with E-state index >= 15 is 0 Å². The van der Waals surface area contributed by atoms with Crippen LogP contribution in [0.3, 0.4) is 0 Å². The fourth-order valence-electron chi connectivity index (χ4n) is 1.21. The van der Waals surface area contributed by atoms with E-state index in [1.807, 2.05) is 0 Å².